The van der Waals surface area contributed by atoms with Crippen molar-refractivity contribution in [2.45, 2.75) is 50.4 Å². The van der Waals surface area contributed by atoms with Crippen molar-refractivity contribution in [1.82, 2.24) is 0 Å². The lowest BCUT2D eigenvalue weighted by Crippen LogP contribution is -2.40. The molecule has 2 atom stereocenters. The highest BCUT2D eigenvalue weighted by molar-refractivity contribution is 7.86. The van der Waals surface area contributed by atoms with Gasteiger partial charge in [0.15, 0.2) is 6.29 Å². The van der Waals surface area contributed by atoms with E-state index in [0.717, 1.165) is 11.1 Å². The number of anilines is 2. The highest BCUT2D eigenvalue weighted by atomic mass is 35.5. The third kappa shape index (κ3) is 6.30. The van der Waals surface area contributed by atoms with Gasteiger partial charge in [-0.2, -0.15) is 8.42 Å². The molecule has 0 spiro atoms. The second kappa shape index (κ2) is 11.7. The molecule has 1 heterocycles. The van der Waals surface area contributed by atoms with Crippen molar-refractivity contribution in [3.8, 4) is 5.75 Å². The van der Waals surface area contributed by atoms with Gasteiger partial charge in [-0.15, -0.1) is 0 Å². The number of rotatable bonds is 8. The molecule has 2 unspecified atom stereocenters. The fourth-order valence-corrected chi connectivity index (χ4v) is 5.60. The topological polar surface area (TPSA) is 108 Å². The zero-order chi connectivity index (χ0) is 27.4. The first-order valence-corrected chi connectivity index (χ1v) is 14.1. The number of hydrogen-bond acceptors (Lipinski definition) is 7. The molecule has 0 bridgehead atoms. The summed E-state index contributed by atoms with van der Waals surface area (Å²) in [4.78, 5) is 15.5. The summed E-state index contributed by atoms with van der Waals surface area (Å²) in [6.07, 6.45) is -0.146. The van der Waals surface area contributed by atoms with Crippen LogP contribution >= 0.6 is 11.6 Å². The van der Waals surface area contributed by atoms with Crippen LogP contribution in [0.5, 0.6) is 5.75 Å². The molecule has 8 nitrogen and oxygen atoms in total. The van der Waals surface area contributed by atoms with Gasteiger partial charge in [0.25, 0.3) is 16.0 Å². The molecule has 1 aliphatic rings. The van der Waals surface area contributed by atoms with Crippen LogP contribution in [0.4, 0.5) is 11.4 Å². The molecule has 10 heteroatoms. The molecule has 1 amide bonds. The van der Waals surface area contributed by atoms with Gasteiger partial charge in [0.1, 0.15) is 5.75 Å². The Morgan fingerprint density at radius 3 is 2.55 bits per heavy atom. The number of hydrogen-bond donors (Lipinski definition) is 1. The predicted octanol–water partition coefficient (Wildman–Crippen LogP) is 5.36. The summed E-state index contributed by atoms with van der Waals surface area (Å²) in [7, 11) is -2.57. The summed E-state index contributed by atoms with van der Waals surface area (Å²) in [5.74, 6) is 0.0494. The van der Waals surface area contributed by atoms with E-state index in [-0.39, 0.29) is 17.3 Å². The number of nitrogens with zero attached hydrogens (tertiary/aromatic N) is 1. The molecule has 4 rings (SSSR count). The van der Waals surface area contributed by atoms with E-state index in [0.29, 0.717) is 47.0 Å². The minimum Gasteiger partial charge on any atom is -0.496 e. The molecule has 38 heavy (non-hydrogen) atoms. The van der Waals surface area contributed by atoms with Crippen LogP contribution in [-0.2, 0) is 25.5 Å². The number of fused-ring (bicyclic) bond motifs is 1. The number of amides is 1. The molecule has 0 saturated heterocycles. The smallest absolute Gasteiger partial charge is 0.299 e. The molecule has 202 valence electrons. The van der Waals surface area contributed by atoms with Gasteiger partial charge in [-0.05, 0) is 74.2 Å². The minimum atomic E-state index is -4.04. The van der Waals surface area contributed by atoms with Crippen molar-refractivity contribution in [2.24, 2.45) is 0 Å². The van der Waals surface area contributed by atoms with Crippen LogP contribution in [0.15, 0.2) is 65.6 Å². The van der Waals surface area contributed by atoms with Crippen LogP contribution in [-0.4, -0.2) is 40.4 Å². The molecular weight excluding hydrogens is 528 g/mol. The molecule has 0 aromatic heterocycles. The van der Waals surface area contributed by atoms with Gasteiger partial charge in [-0.1, -0.05) is 36.2 Å². The monoisotopic (exact) mass is 558 g/mol. The van der Waals surface area contributed by atoms with Crippen LogP contribution in [0.3, 0.4) is 0 Å². The summed E-state index contributed by atoms with van der Waals surface area (Å²) < 4.78 is 42.8. The van der Waals surface area contributed by atoms with E-state index >= 15 is 0 Å². The normalized spacial score (nSPS) is 16.4. The molecule has 3 aromatic rings. The maximum Gasteiger partial charge on any atom is 0.299 e. The first-order chi connectivity index (χ1) is 18.1. The van der Waals surface area contributed by atoms with Gasteiger partial charge < -0.3 is 20.1 Å². The number of aryl methyl sites for hydroxylation is 2. The number of nitrogens with two attached hydrogens (primary N) is 1. The first-order valence-electron chi connectivity index (χ1n) is 12.3. The molecule has 3 aromatic carbocycles. The Balaban J connectivity index is 1.61. The number of carbonyl (C=O) groups is 1. The lowest BCUT2D eigenvalue weighted by Gasteiger charge is -2.29. The second-order valence-electron chi connectivity index (χ2n) is 9.15. The van der Waals surface area contributed by atoms with E-state index in [9.17, 15) is 13.2 Å². The Morgan fingerprint density at radius 2 is 1.87 bits per heavy atom. The van der Waals surface area contributed by atoms with Crippen molar-refractivity contribution in [3.05, 3.63) is 82.4 Å². The Kier molecular flexibility index (Phi) is 8.62. The summed E-state index contributed by atoms with van der Waals surface area (Å²) in [5, 5.41) is 0.555. The van der Waals surface area contributed by atoms with Crippen molar-refractivity contribution >= 4 is 39.0 Å². The van der Waals surface area contributed by atoms with Gasteiger partial charge >= 0.3 is 0 Å². The predicted molar refractivity (Wildman–Crippen MR) is 147 cm³/mol. The van der Waals surface area contributed by atoms with E-state index in [2.05, 4.69) is 0 Å². The fraction of sp³-hybridized carbons (Fsp3) is 0.321. The van der Waals surface area contributed by atoms with Gasteiger partial charge in [-0.25, -0.2) is 4.18 Å². The Labute approximate surface area is 228 Å². The lowest BCUT2D eigenvalue weighted by molar-refractivity contribution is -0.115. The third-order valence-corrected chi connectivity index (χ3v) is 7.93. The van der Waals surface area contributed by atoms with Crippen LogP contribution in [0.2, 0.25) is 5.02 Å². The number of nitrogen functional groups attached to an aromatic ring is 1. The summed E-state index contributed by atoms with van der Waals surface area (Å²) in [6, 6.07) is 16.6. The average molecular weight is 559 g/mol. The Bertz CT molecular complexity index is 1410. The number of methoxy groups -OCH3 is 1. The Morgan fingerprint density at radius 1 is 1.13 bits per heavy atom. The molecular formula is C28H31ClN2O6S. The molecule has 0 saturated carbocycles. The van der Waals surface area contributed by atoms with Gasteiger partial charge in [0.2, 0.25) is 0 Å². The largest absolute Gasteiger partial charge is 0.496 e. The van der Waals surface area contributed by atoms with Crippen LogP contribution < -0.4 is 15.4 Å². The fourth-order valence-electron chi connectivity index (χ4n) is 4.36. The molecule has 0 aliphatic carbocycles. The first kappa shape index (κ1) is 27.9. The lowest BCUT2D eigenvalue weighted by atomic mass is 10.1. The number of halogens is 1. The van der Waals surface area contributed by atoms with E-state index in [1.54, 1.807) is 54.3 Å². The Hall–Kier alpha value is -3.11. The van der Waals surface area contributed by atoms with Crippen molar-refractivity contribution in [1.29, 1.82) is 0 Å². The van der Waals surface area contributed by atoms with Crippen molar-refractivity contribution < 1.29 is 26.9 Å². The highest BCUT2D eigenvalue weighted by Crippen LogP contribution is 2.33. The maximum atomic E-state index is 13.8. The van der Waals surface area contributed by atoms with E-state index in [1.165, 1.54) is 19.2 Å². The zero-order valence-corrected chi connectivity index (χ0v) is 23.1. The molecule has 0 radical (unpaired) electrons. The standard InChI is InChI=1S/C28H31ClN2O6S/c1-4-27(37-38(33,34)23-11-5-18(2)6-12-23)36-22-10-7-19-15-20(29)8-14-25(19)31(17-22)28(32)24-13-9-21(30)16-26(24)35-3/h5-6,8-9,11-16,22,27H,4,7,10,17,30H2,1-3H3. The quantitative estimate of drug-likeness (QED) is 0.225. The van der Waals surface area contributed by atoms with Gasteiger partial charge in [0, 0.05) is 22.5 Å². The molecule has 0 fully saturated rings. The van der Waals surface area contributed by atoms with Gasteiger partial charge in [0.05, 0.1) is 30.2 Å². The molecule has 1 aliphatic heterocycles. The van der Waals surface area contributed by atoms with Crippen molar-refractivity contribution in [2.75, 3.05) is 24.3 Å². The van der Waals surface area contributed by atoms with Crippen LogP contribution in [0, 0.1) is 6.92 Å². The average Bonchev–Trinajstić information content (AvgIpc) is 3.07. The summed E-state index contributed by atoms with van der Waals surface area (Å²) in [5.41, 5.74) is 9.22. The second-order valence-corrected chi connectivity index (χ2v) is 11.2. The highest BCUT2D eigenvalue weighted by Gasteiger charge is 2.32. The number of ether oxygens (including phenoxy) is 2. The summed E-state index contributed by atoms with van der Waals surface area (Å²) >= 11 is 6.27. The SMILES string of the molecule is CCC(OC1CCc2cc(Cl)ccc2N(C(=O)c2ccc(N)cc2OC)C1)OS(=O)(=O)c1ccc(C)cc1. The third-order valence-electron chi connectivity index (χ3n) is 6.38. The van der Waals surface area contributed by atoms with Gasteiger partial charge in [-0.3, -0.25) is 4.79 Å². The number of benzene rings is 3. The van der Waals surface area contributed by atoms with E-state index in [4.69, 9.17) is 31.0 Å². The maximum absolute atomic E-state index is 13.8. The minimum absolute atomic E-state index is 0.0558. The van der Waals surface area contributed by atoms with E-state index < -0.39 is 22.5 Å². The van der Waals surface area contributed by atoms with Crippen LogP contribution in [0.1, 0.15) is 41.3 Å². The zero-order valence-electron chi connectivity index (χ0n) is 21.5. The van der Waals surface area contributed by atoms with Crippen molar-refractivity contribution in [3.63, 3.8) is 0 Å². The van der Waals surface area contributed by atoms with Crippen LogP contribution in [0.25, 0.3) is 0 Å². The summed E-state index contributed by atoms with van der Waals surface area (Å²) in [6.45, 7) is 3.83. The van der Waals surface area contributed by atoms with E-state index in [1.807, 2.05) is 13.0 Å². The molecule has 2 N–H and O–H groups in total. The number of carbonyl (C=O) groups excluding carboxylic acids is 1.